The molecule has 2 aromatic heterocycles. The molecule has 0 atom stereocenters. The molecule has 1 aromatic carbocycles. The molecule has 2 fully saturated rings. The van der Waals surface area contributed by atoms with Crippen molar-refractivity contribution in [2.24, 2.45) is 5.92 Å². The first-order valence-electron chi connectivity index (χ1n) is 14.6. The Morgan fingerprint density at radius 2 is 1.81 bits per heavy atom. The quantitative estimate of drug-likeness (QED) is 0.366. The van der Waals surface area contributed by atoms with Crippen molar-refractivity contribution in [3.05, 3.63) is 52.9 Å². The molecule has 1 saturated heterocycles. The van der Waals surface area contributed by atoms with Gasteiger partial charge in [0, 0.05) is 51.3 Å². The minimum absolute atomic E-state index is 0.132. The monoisotopic (exact) mass is 608 g/mol. The molecule has 43 heavy (non-hydrogen) atoms. The number of amides is 4. The van der Waals surface area contributed by atoms with E-state index in [-0.39, 0.29) is 46.9 Å². The van der Waals surface area contributed by atoms with Crippen molar-refractivity contribution < 1.29 is 23.6 Å². The smallest absolute Gasteiger partial charge is 0.294 e. The molecule has 2 N–H and O–H groups in total. The van der Waals surface area contributed by atoms with Gasteiger partial charge in [-0.25, -0.2) is 4.98 Å². The lowest BCUT2D eigenvalue weighted by atomic mass is 9.84. The van der Waals surface area contributed by atoms with E-state index in [1.54, 1.807) is 42.3 Å². The molecular weight excluding hydrogens is 572 g/mol. The van der Waals surface area contributed by atoms with Crippen molar-refractivity contribution in [1.29, 1.82) is 0 Å². The van der Waals surface area contributed by atoms with Crippen molar-refractivity contribution in [2.75, 3.05) is 51.4 Å². The molecule has 1 saturated carbocycles. The van der Waals surface area contributed by atoms with Crippen LogP contribution in [0, 0.1) is 5.92 Å². The summed E-state index contributed by atoms with van der Waals surface area (Å²) in [5.41, 5.74) is 0.763. The van der Waals surface area contributed by atoms with Gasteiger partial charge >= 0.3 is 0 Å². The second-order valence-electron chi connectivity index (χ2n) is 11.5. The fourth-order valence-corrected chi connectivity index (χ4v) is 5.93. The number of nitrogens with one attached hydrogen (secondary N) is 2. The summed E-state index contributed by atoms with van der Waals surface area (Å²) >= 11 is 5.94. The van der Waals surface area contributed by atoms with Crippen LogP contribution in [0.15, 0.2) is 40.9 Å². The second-order valence-corrected chi connectivity index (χ2v) is 12.0. The highest BCUT2D eigenvalue weighted by atomic mass is 35.5. The lowest BCUT2D eigenvalue weighted by Gasteiger charge is -2.34. The number of anilines is 2. The van der Waals surface area contributed by atoms with Crippen LogP contribution in [0.5, 0.6) is 0 Å². The van der Waals surface area contributed by atoms with E-state index in [1.807, 2.05) is 23.9 Å². The predicted octanol–water partition coefficient (Wildman–Crippen LogP) is 4.49. The van der Waals surface area contributed by atoms with Gasteiger partial charge in [0.25, 0.3) is 11.8 Å². The molecule has 0 bridgehead atoms. The zero-order valence-corrected chi connectivity index (χ0v) is 25.4. The number of hydrogen-bond donors (Lipinski definition) is 2. The fraction of sp³-hybridized carbons (Fsp3) is 0.452. The number of aromatic nitrogens is 1. The zero-order valence-electron chi connectivity index (χ0n) is 24.7. The third-order valence-corrected chi connectivity index (χ3v) is 8.44. The third-order valence-electron chi connectivity index (χ3n) is 8.22. The first-order valence-corrected chi connectivity index (χ1v) is 15.0. The summed E-state index contributed by atoms with van der Waals surface area (Å²) in [5, 5.41) is 6.44. The number of fused-ring (bicyclic) bond motifs is 1. The van der Waals surface area contributed by atoms with Gasteiger partial charge in [0.15, 0.2) is 0 Å². The first-order chi connectivity index (χ1) is 20.6. The Morgan fingerprint density at radius 3 is 2.47 bits per heavy atom. The number of carbonyl (C=O) groups excluding carboxylic acids is 4. The number of nitrogens with zero attached hydrogens (tertiary/aromatic N) is 4. The number of carbonyl (C=O) groups is 4. The number of halogens is 1. The molecule has 5 rings (SSSR count). The maximum atomic E-state index is 13.7. The van der Waals surface area contributed by atoms with E-state index < -0.39 is 5.91 Å². The first kappa shape index (κ1) is 30.5. The van der Waals surface area contributed by atoms with Crippen LogP contribution in [-0.4, -0.2) is 90.1 Å². The summed E-state index contributed by atoms with van der Waals surface area (Å²) in [6, 6.07) is 8.33. The number of likely N-dealkylation sites (N-methyl/N-ethyl adjacent to an activating group) is 2. The second kappa shape index (κ2) is 13.1. The Labute approximate surface area is 255 Å². The Balaban J connectivity index is 1.44. The van der Waals surface area contributed by atoms with Gasteiger partial charge in [0.05, 0.1) is 16.0 Å². The van der Waals surface area contributed by atoms with Gasteiger partial charge in [-0.05, 0) is 70.5 Å². The minimum Gasteiger partial charge on any atom is -0.449 e. The van der Waals surface area contributed by atoms with Crippen LogP contribution in [0.25, 0.3) is 11.0 Å². The number of rotatable bonds is 9. The molecule has 11 nitrogen and oxygen atoms in total. The summed E-state index contributed by atoms with van der Waals surface area (Å²) in [6.07, 6.45) is 5.60. The predicted molar refractivity (Wildman–Crippen MR) is 164 cm³/mol. The Morgan fingerprint density at radius 1 is 1.05 bits per heavy atom. The molecule has 4 amide bonds. The van der Waals surface area contributed by atoms with E-state index in [0.29, 0.717) is 53.9 Å². The molecule has 12 heteroatoms. The van der Waals surface area contributed by atoms with Gasteiger partial charge in [0.2, 0.25) is 17.6 Å². The van der Waals surface area contributed by atoms with E-state index in [2.05, 4.69) is 15.6 Å². The van der Waals surface area contributed by atoms with Crippen molar-refractivity contribution in [3.8, 4) is 0 Å². The Bertz CT molecular complexity index is 1510. The normalized spacial score (nSPS) is 18.7. The molecule has 3 heterocycles. The van der Waals surface area contributed by atoms with E-state index in [0.717, 1.165) is 25.8 Å². The SMILES string of the molecule is CN(C)CCN(C)C(=O)c1cccc2oc(C(=O)Nc3ccc(Cl)cn3)c(NC(=O)[C@H]3CC[C@H](N4CCCC4=O)CC3)c12. The van der Waals surface area contributed by atoms with E-state index in [4.69, 9.17) is 16.0 Å². The molecule has 1 aliphatic heterocycles. The van der Waals surface area contributed by atoms with Gasteiger partial charge < -0.3 is 29.8 Å². The lowest BCUT2D eigenvalue weighted by Crippen LogP contribution is -2.40. The van der Waals surface area contributed by atoms with Crippen molar-refractivity contribution in [1.82, 2.24) is 19.7 Å². The molecule has 228 valence electrons. The van der Waals surface area contributed by atoms with Crippen molar-refractivity contribution in [2.45, 2.75) is 44.6 Å². The molecule has 0 unspecified atom stereocenters. The average Bonchev–Trinajstić information content (AvgIpc) is 3.60. The van der Waals surface area contributed by atoms with Crippen molar-refractivity contribution >= 4 is 57.7 Å². The molecular formula is C31H37ClN6O5. The zero-order chi connectivity index (χ0) is 30.7. The van der Waals surface area contributed by atoms with Crippen molar-refractivity contribution in [3.63, 3.8) is 0 Å². The average molecular weight is 609 g/mol. The molecule has 2 aliphatic rings. The van der Waals surface area contributed by atoms with Gasteiger partial charge in [-0.1, -0.05) is 17.7 Å². The van der Waals surface area contributed by atoms with Crippen LogP contribution in [-0.2, 0) is 9.59 Å². The summed E-state index contributed by atoms with van der Waals surface area (Å²) in [6.45, 7) is 1.93. The number of furan rings is 1. The third kappa shape index (κ3) is 6.83. The largest absolute Gasteiger partial charge is 0.449 e. The van der Waals surface area contributed by atoms with Gasteiger partial charge in [-0.2, -0.15) is 0 Å². The Hall–Kier alpha value is -3.96. The van der Waals surface area contributed by atoms with E-state index in [9.17, 15) is 19.2 Å². The highest BCUT2D eigenvalue weighted by Crippen LogP contribution is 2.37. The van der Waals surface area contributed by atoms with E-state index in [1.165, 1.54) is 6.20 Å². The molecule has 0 spiro atoms. The maximum absolute atomic E-state index is 13.7. The van der Waals surface area contributed by atoms with Gasteiger partial charge in [-0.15, -0.1) is 0 Å². The summed E-state index contributed by atoms with van der Waals surface area (Å²) in [5.74, 6) is -1.14. The van der Waals surface area contributed by atoms with Crippen LogP contribution >= 0.6 is 11.6 Å². The van der Waals surface area contributed by atoms with Gasteiger partial charge in [-0.3, -0.25) is 19.2 Å². The van der Waals surface area contributed by atoms with E-state index >= 15 is 0 Å². The topological polar surface area (TPSA) is 128 Å². The fourth-order valence-electron chi connectivity index (χ4n) is 5.82. The van der Waals surface area contributed by atoms with Gasteiger partial charge in [0.1, 0.15) is 17.1 Å². The number of benzene rings is 1. The highest BCUT2D eigenvalue weighted by Gasteiger charge is 2.35. The number of hydrogen-bond acceptors (Lipinski definition) is 7. The molecule has 1 aliphatic carbocycles. The highest BCUT2D eigenvalue weighted by molar-refractivity contribution is 6.30. The number of pyridine rings is 1. The minimum atomic E-state index is -0.628. The van der Waals surface area contributed by atoms with Crippen LogP contribution in [0.4, 0.5) is 11.5 Å². The summed E-state index contributed by atoms with van der Waals surface area (Å²) in [7, 11) is 5.58. The standard InChI is InChI=1S/C31H37ClN6O5/c1-36(2)16-17-37(3)31(42)22-6-4-7-23-26(22)27(28(43-23)30(41)34-24-14-11-20(32)18-33-24)35-29(40)19-9-12-21(13-10-19)38-15-5-8-25(38)39/h4,6-7,11,14,18-19,21H,5,8-10,12-13,15-17H2,1-3H3,(H,35,40)(H,33,34,41)/t19-,21-. The lowest BCUT2D eigenvalue weighted by molar-refractivity contribution is -0.130. The summed E-state index contributed by atoms with van der Waals surface area (Å²) < 4.78 is 6.01. The molecule has 3 aromatic rings. The van der Waals surface area contributed by atoms with Crippen LogP contribution in [0.1, 0.15) is 59.4 Å². The van der Waals surface area contributed by atoms with Crippen LogP contribution in [0.3, 0.4) is 0 Å². The number of likely N-dealkylation sites (tertiary alicyclic amines) is 1. The summed E-state index contributed by atoms with van der Waals surface area (Å²) in [4.78, 5) is 62.7. The van der Waals surface area contributed by atoms with Crippen LogP contribution < -0.4 is 10.6 Å². The molecule has 0 radical (unpaired) electrons. The van der Waals surface area contributed by atoms with Crippen LogP contribution in [0.2, 0.25) is 5.02 Å². The Kier molecular flexibility index (Phi) is 9.31. The maximum Gasteiger partial charge on any atom is 0.294 e.